The van der Waals surface area contributed by atoms with Gasteiger partial charge in [0.2, 0.25) is 0 Å². The molecule has 4 N–H and O–H groups in total. The van der Waals surface area contributed by atoms with E-state index in [2.05, 4.69) is 13.8 Å². The van der Waals surface area contributed by atoms with E-state index in [1.807, 2.05) is 0 Å². The maximum atomic E-state index is 6.05. The Morgan fingerprint density at radius 1 is 0.455 bits per heavy atom. The van der Waals surface area contributed by atoms with E-state index >= 15 is 0 Å². The van der Waals surface area contributed by atoms with Crippen LogP contribution in [0.15, 0.2) is 0 Å². The Morgan fingerprint density at radius 2 is 0.818 bits per heavy atom. The fourth-order valence-corrected chi connectivity index (χ4v) is 3.24. The second-order valence-corrected chi connectivity index (χ2v) is 7.33. The van der Waals surface area contributed by atoms with Crippen molar-refractivity contribution in [2.75, 3.05) is 0 Å². The second-order valence-electron chi connectivity index (χ2n) is 7.33. The number of rotatable bonds is 17. The van der Waals surface area contributed by atoms with E-state index in [0.29, 0.717) is 0 Å². The molecule has 0 radical (unpaired) electrons. The summed E-state index contributed by atoms with van der Waals surface area (Å²) < 4.78 is 0. The van der Waals surface area contributed by atoms with Crippen molar-refractivity contribution < 1.29 is 0 Å². The molecule has 0 aromatic heterocycles. The van der Waals surface area contributed by atoms with Gasteiger partial charge in [-0.2, -0.15) is 0 Å². The topological polar surface area (TPSA) is 52.0 Å². The second kappa shape index (κ2) is 15.8. The first-order chi connectivity index (χ1) is 10.6. The number of hydrogen-bond donors (Lipinski definition) is 2. The summed E-state index contributed by atoms with van der Waals surface area (Å²) in [7, 11) is 0. The normalized spacial score (nSPS) is 12.0. The van der Waals surface area contributed by atoms with Gasteiger partial charge in [-0.15, -0.1) is 0 Å². The molecule has 2 heteroatoms. The molecule has 0 spiro atoms. The number of hydrogen-bond acceptors (Lipinski definition) is 2. The van der Waals surface area contributed by atoms with Gasteiger partial charge in [-0.3, -0.25) is 0 Å². The van der Waals surface area contributed by atoms with E-state index in [0.717, 1.165) is 19.3 Å². The first-order valence-electron chi connectivity index (χ1n) is 10.2. The van der Waals surface area contributed by atoms with Crippen LogP contribution >= 0.6 is 0 Å². The minimum Gasteiger partial charge on any atom is -0.313 e. The summed E-state index contributed by atoms with van der Waals surface area (Å²) in [5.74, 6) is 0. The Balaban J connectivity index is 3.11. The van der Waals surface area contributed by atoms with Crippen LogP contribution in [0.1, 0.15) is 123 Å². The van der Waals surface area contributed by atoms with E-state index in [1.165, 1.54) is 89.9 Å². The molecule has 2 nitrogen and oxygen atoms in total. The summed E-state index contributed by atoms with van der Waals surface area (Å²) >= 11 is 0. The van der Waals surface area contributed by atoms with Crippen LogP contribution in [0, 0.1) is 0 Å². The monoisotopic (exact) mass is 312 g/mol. The molecule has 0 aromatic rings. The molecule has 0 aliphatic heterocycles. The van der Waals surface area contributed by atoms with Crippen LogP contribution in [0.2, 0.25) is 0 Å². The molecule has 0 unspecified atom stereocenters. The zero-order valence-electron chi connectivity index (χ0n) is 15.7. The van der Waals surface area contributed by atoms with E-state index in [-0.39, 0.29) is 0 Å². The molecule has 0 amide bonds. The van der Waals surface area contributed by atoms with Crippen molar-refractivity contribution in [3.63, 3.8) is 0 Å². The molecular formula is C20H44N2. The Hall–Kier alpha value is -0.0800. The average Bonchev–Trinajstić information content (AvgIpc) is 2.47. The molecule has 22 heavy (non-hydrogen) atoms. The van der Waals surface area contributed by atoms with Gasteiger partial charge in [0, 0.05) is 0 Å². The molecule has 0 aliphatic carbocycles. The van der Waals surface area contributed by atoms with E-state index < -0.39 is 5.66 Å². The molecule has 0 fully saturated rings. The lowest BCUT2D eigenvalue weighted by molar-refractivity contribution is 0.357. The maximum Gasteiger partial charge on any atom is 0.0636 e. The highest BCUT2D eigenvalue weighted by atomic mass is 14.9. The lowest BCUT2D eigenvalue weighted by Crippen LogP contribution is -2.48. The number of nitrogens with two attached hydrogens (primary N) is 2. The van der Waals surface area contributed by atoms with Crippen molar-refractivity contribution in [2.45, 2.75) is 129 Å². The predicted octanol–water partition coefficient (Wildman–Crippen LogP) is 6.27. The summed E-state index contributed by atoms with van der Waals surface area (Å²) in [6.07, 6.45) is 22.6. The highest BCUT2D eigenvalue weighted by Crippen LogP contribution is 2.16. The summed E-state index contributed by atoms with van der Waals surface area (Å²) in [4.78, 5) is 0. The van der Waals surface area contributed by atoms with Crippen LogP contribution in [-0.2, 0) is 0 Å². The molecule has 0 atom stereocenters. The molecular weight excluding hydrogens is 268 g/mol. The van der Waals surface area contributed by atoms with E-state index in [4.69, 9.17) is 11.5 Å². The van der Waals surface area contributed by atoms with Gasteiger partial charge in [0.15, 0.2) is 0 Å². The summed E-state index contributed by atoms with van der Waals surface area (Å²) in [5, 5.41) is 0. The molecule has 134 valence electrons. The van der Waals surface area contributed by atoms with Gasteiger partial charge in [-0.25, -0.2) is 0 Å². The number of unbranched alkanes of at least 4 members (excludes halogenated alkanes) is 13. The summed E-state index contributed by atoms with van der Waals surface area (Å²) in [6, 6.07) is 0. The molecule has 0 saturated heterocycles. The molecule has 0 bridgehead atoms. The SMILES string of the molecule is CCCCCCCCCCCCCCCCC(N)(N)CCC. The highest BCUT2D eigenvalue weighted by Gasteiger charge is 2.16. The zero-order chi connectivity index (χ0) is 16.5. The Morgan fingerprint density at radius 3 is 1.18 bits per heavy atom. The molecule has 0 saturated carbocycles. The van der Waals surface area contributed by atoms with Crippen LogP contribution in [0.5, 0.6) is 0 Å². The quantitative estimate of drug-likeness (QED) is 0.245. The van der Waals surface area contributed by atoms with Gasteiger partial charge in [-0.05, 0) is 12.8 Å². The molecule has 0 heterocycles. The van der Waals surface area contributed by atoms with E-state index in [9.17, 15) is 0 Å². The lowest BCUT2D eigenvalue weighted by atomic mass is 9.97. The minimum atomic E-state index is -0.411. The van der Waals surface area contributed by atoms with Gasteiger partial charge in [0.25, 0.3) is 0 Å². The summed E-state index contributed by atoms with van der Waals surface area (Å²) in [5.41, 5.74) is 11.7. The predicted molar refractivity (Wildman–Crippen MR) is 101 cm³/mol. The highest BCUT2D eigenvalue weighted by molar-refractivity contribution is 4.75. The van der Waals surface area contributed by atoms with Crippen molar-refractivity contribution in [3.8, 4) is 0 Å². The van der Waals surface area contributed by atoms with Crippen LogP contribution in [0.4, 0.5) is 0 Å². The third kappa shape index (κ3) is 16.3. The molecule has 0 aliphatic rings. The fraction of sp³-hybridized carbons (Fsp3) is 1.00. The van der Waals surface area contributed by atoms with Gasteiger partial charge in [0.1, 0.15) is 0 Å². The first-order valence-corrected chi connectivity index (χ1v) is 10.2. The van der Waals surface area contributed by atoms with Crippen molar-refractivity contribution in [1.29, 1.82) is 0 Å². The maximum absolute atomic E-state index is 6.05. The average molecular weight is 313 g/mol. The van der Waals surface area contributed by atoms with Crippen molar-refractivity contribution >= 4 is 0 Å². The molecule has 0 aromatic carbocycles. The zero-order valence-corrected chi connectivity index (χ0v) is 15.7. The van der Waals surface area contributed by atoms with E-state index in [1.54, 1.807) is 0 Å². The van der Waals surface area contributed by atoms with Crippen LogP contribution in [0.25, 0.3) is 0 Å². The smallest absolute Gasteiger partial charge is 0.0636 e. The third-order valence-electron chi connectivity index (χ3n) is 4.71. The van der Waals surface area contributed by atoms with Gasteiger partial charge < -0.3 is 11.5 Å². The lowest BCUT2D eigenvalue weighted by Gasteiger charge is -2.23. The Labute approximate surface area is 140 Å². The van der Waals surface area contributed by atoms with Crippen molar-refractivity contribution in [1.82, 2.24) is 0 Å². The summed E-state index contributed by atoms with van der Waals surface area (Å²) in [6.45, 7) is 4.44. The molecule has 0 rings (SSSR count). The minimum absolute atomic E-state index is 0.411. The Bertz CT molecular complexity index is 214. The van der Waals surface area contributed by atoms with Crippen LogP contribution in [0.3, 0.4) is 0 Å². The fourth-order valence-electron chi connectivity index (χ4n) is 3.24. The largest absolute Gasteiger partial charge is 0.313 e. The van der Waals surface area contributed by atoms with Gasteiger partial charge in [0.05, 0.1) is 5.66 Å². The standard InChI is InChI=1S/C20H44N2/c1-3-5-6-7-8-9-10-11-12-13-14-15-16-17-19-20(21,22)18-4-2/h3-19,21-22H2,1-2H3. The first kappa shape index (κ1) is 21.9. The van der Waals surface area contributed by atoms with Crippen molar-refractivity contribution in [3.05, 3.63) is 0 Å². The van der Waals surface area contributed by atoms with Crippen LogP contribution in [-0.4, -0.2) is 5.66 Å². The van der Waals surface area contributed by atoms with Crippen LogP contribution < -0.4 is 11.5 Å². The third-order valence-corrected chi connectivity index (χ3v) is 4.71. The van der Waals surface area contributed by atoms with Crippen molar-refractivity contribution in [2.24, 2.45) is 11.5 Å². The van der Waals surface area contributed by atoms with Gasteiger partial charge in [-0.1, -0.05) is 110 Å². The Kier molecular flexibility index (Phi) is 15.7. The van der Waals surface area contributed by atoms with Gasteiger partial charge >= 0.3 is 0 Å².